The van der Waals surface area contributed by atoms with Crippen LogP contribution in [0.2, 0.25) is 0 Å². The summed E-state index contributed by atoms with van der Waals surface area (Å²) in [6.07, 6.45) is 4.85. The van der Waals surface area contributed by atoms with Crippen LogP contribution in [-0.2, 0) is 47.4 Å². The monoisotopic (exact) mass is 729 g/mol. The molecule has 3 N–H and O–H groups in total. The minimum atomic E-state index is -0.780. The third kappa shape index (κ3) is 6.59. The van der Waals surface area contributed by atoms with Crippen molar-refractivity contribution in [2.45, 2.75) is 194 Å². The number of aliphatic hydroxyl groups is 1. The van der Waals surface area contributed by atoms with E-state index in [0.717, 1.165) is 56.1 Å². The van der Waals surface area contributed by atoms with Gasteiger partial charge in [0.05, 0.1) is 67.1 Å². The number of Topliss-reactive ketones (excluding diaryl/α,β-unsaturated/α-hetero) is 1. The molecule has 0 aromatic carbocycles. The Kier molecular flexibility index (Phi) is 10.0. The Morgan fingerprint density at radius 3 is 2.38 bits per heavy atom. The van der Waals surface area contributed by atoms with E-state index in [9.17, 15) is 9.90 Å². The van der Waals surface area contributed by atoms with Gasteiger partial charge in [-0.05, 0) is 62.0 Å². The van der Waals surface area contributed by atoms with Crippen molar-refractivity contribution in [2.24, 2.45) is 17.6 Å². The number of methoxy groups -OCH3 is 1. The van der Waals surface area contributed by atoms with Gasteiger partial charge in [-0.1, -0.05) is 20.1 Å². The van der Waals surface area contributed by atoms with E-state index < -0.39 is 18.0 Å². The van der Waals surface area contributed by atoms with Gasteiger partial charge in [0.25, 0.3) is 0 Å². The highest BCUT2D eigenvalue weighted by atomic mass is 16.8. The molecule has 12 nitrogen and oxygen atoms in total. The van der Waals surface area contributed by atoms with E-state index in [0.29, 0.717) is 25.7 Å². The third-order valence-electron chi connectivity index (χ3n) is 14.0. The Morgan fingerprint density at radius 1 is 0.808 bits per heavy atom. The molecule has 10 rings (SSSR count). The molecule has 290 valence electrons. The molecule has 0 aliphatic carbocycles. The highest BCUT2D eigenvalue weighted by Gasteiger charge is 2.68. The maximum atomic E-state index is 14.1. The average Bonchev–Trinajstić information content (AvgIpc) is 3.79. The average molecular weight is 730 g/mol. The zero-order valence-corrected chi connectivity index (χ0v) is 30.8. The Labute approximate surface area is 307 Å². The lowest BCUT2D eigenvalue weighted by Gasteiger charge is -2.47. The summed E-state index contributed by atoms with van der Waals surface area (Å²) in [5, 5.41) is 10.5. The molecular formula is C40H59NO11. The number of rotatable bonds is 4. The van der Waals surface area contributed by atoms with Crippen LogP contribution >= 0.6 is 0 Å². The Bertz CT molecular complexity index is 1380. The number of aliphatic hydroxyl groups excluding tert-OH is 1. The van der Waals surface area contributed by atoms with Gasteiger partial charge in [-0.3, -0.25) is 4.79 Å². The van der Waals surface area contributed by atoms with Crippen molar-refractivity contribution in [1.82, 2.24) is 0 Å². The van der Waals surface area contributed by atoms with Crippen LogP contribution in [-0.4, -0.2) is 128 Å². The summed E-state index contributed by atoms with van der Waals surface area (Å²) >= 11 is 0. The number of hydrogen-bond donors (Lipinski definition) is 2. The number of hydrogen-bond acceptors (Lipinski definition) is 12. The first-order valence-electron chi connectivity index (χ1n) is 20.2. The molecule has 1 unspecified atom stereocenters. The Morgan fingerprint density at radius 2 is 1.56 bits per heavy atom. The number of ketones is 1. The smallest absolute Gasteiger partial charge is 0.172 e. The van der Waals surface area contributed by atoms with Crippen molar-refractivity contribution in [3.8, 4) is 0 Å². The molecule has 52 heavy (non-hydrogen) atoms. The van der Waals surface area contributed by atoms with Crippen LogP contribution in [0.4, 0.5) is 0 Å². The van der Waals surface area contributed by atoms with Crippen molar-refractivity contribution in [2.75, 3.05) is 13.7 Å². The van der Waals surface area contributed by atoms with E-state index >= 15 is 0 Å². The molecule has 10 heterocycles. The van der Waals surface area contributed by atoms with Gasteiger partial charge in [0.1, 0.15) is 36.3 Å². The van der Waals surface area contributed by atoms with E-state index in [1.807, 2.05) is 0 Å². The summed E-state index contributed by atoms with van der Waals surface area (Å²) < 4.78 is 60.0. The molecule has 0 aromatic rings. The molecule has 12 bridgehead atoms. The lowest BCUT2D eigenvalue weighted by atomic mass is 9.81. The fourth-order valence-corrected chi connectivity index (χ4v) is 11.3. The lowest BCUT2D eigenvalue weighted by Crippen LogP contribution is -2.61. The first-order chi connectivity index (χ1) is 25.1. The van der Waals surface area contributed by atoms with Crippen molar-refractivity contribution in [3.63, 3.8) is 0 Å². The van der Waals surface area contributed by atoms with Gasteiger partial charge in [0, 0.05) is 58.1 Å². The Balaban J connectivity index is 0.994. The third-order valence-corrected chi connectivity index (χ3v) is 14.0. The van der Waals surface area contributed by atoms with Crippen molar-refractivity contribution in [1.29, 1.82) is 0 Å². The maximum absolute atomic E-state index is 14.1. The summed E-state index contributed by atoms with van der Waals surface area (Å²) in [6, 6.07) is 0. The molecule has 0 amide bonds. The molecule has 10 aliphatic rings. The SMILES string of the molecule is C=C1C[C@@H]2CC[C@@]34C[C@H]5O[C@H]6[C@@H](O3)[C@H]3O[C@H](CC[C@@H]3O[C@H]6[C@H]5O4)CC(=O)C[C@H]3C(C[C@H]4O[C@@H](CC[C@@H]1O2)C[C@@H](C)C4=C)O[C@H](C[C@H](O)CN)[C@@H]3OC. The van der Waals surface area contributed by atoms with Crippen LogP contribution in [0.3, 0.4) is 0 Å². The van der Waals surface area contributed by atoms with Gasteiger partial charge in [-0.2, -0.15) is 0 Å². The topological polar surface area (TPSA) is 146 Å². The first-order valence-corrected chi connectivity index (χ1v) is 20.2. The molecule has 10 saturated heterocycles. The lowest BCUT2D eigenvalue weighted by molar-refractivity contribution is -0.292. The molecule has 10 aliphatic heterocycles. The van der Waals surface area contributed by atoms with E-state index in [1.54, 1.807) is 7.11 Å². The fraction of sp³-hybridized carbons (Fsp3) is 0.875. The fourth-order valence-electron chi connectivity index (χ4n) is 11.3. The number of ether oxygens (including phenoxy) is 9. The van der Waals surface area contributed by atoms with Gasteiger partial charge in [-0.25, -0.2) is 0 Å². The van der Waals surface area contributed by atoms with Gasteiger partial charge < -0.3 is 53.5 Å². The van der Waals surface area contributed by atoms with Crippen LogP contribution in [0.25, 0.3) is 0 Å². The summed E-state index contributed by atoms with van der Waals surface area (Å²) in [4.78, 5) is 14.1. The standard InChI is InChI=1S/C40H59NO11/c1-19-11-24-5-7-28-20(2)12-26(45-28)9-10-40-17-33-36(51-40)37-38(50-33)39(52-40)35-29(49-37)8-6-25(47-35)13-22(42)14-27-31(16-30(46-24)21(19)3)48-32(34(27)44-4)15-23(43)18-41/h19,23-39,43H,2-3,5-18,41H2,1,4H3/t19-,23+,24+,25-,26+,27+,28+,29+,30-,31?,32-,33-,34-,35+,36+,37+,38-,39+,40+/m1/s1. The molecule has 10 fully saturated rings. The highest BCUT2D eigenvalue weighted by molar-refractivity contribution is 5.79. The van der Waals surface area contributed by atoms with E-state index in [4.69, 9.17) is 48.4 Å². The number of fused-ring (bicyclic) bond motifs is 6. The summed E-state index contributed by atoms with van der Waals surface area (Å²) in [5.41, 5.74) is 8.01. The van der Waals surface area contributed by atoms with Gasteiger partial charge in [0.2, 0.25) is 0 Å². The van der Waals surface area contributed by atoms with Crippen LogP contribution in [0.15, 0.2) is 24.3 Å². The molecule has 0 radical (unpaired) electrons. The molecular weight excluding hydrogens is 670 g/mol. The predicted octanol–water partition coefficient (Wildman–Crippen LogP) is 3.44. The van der Waals surface area contributed by atoms with Gasteiger partial charge in [0.15, 0.2) is 5.79 Å². The zero-order valence-electron chi connectivity index (χ0n) is 30.8. The Hall–Kier alpha value is -1.29. The van der Waals surface area contributed by atoms with Crippen LogP contribution < -0.4 is 5.73 Å². The number of nitrogens with two attached hydrogens (primary N) is 1. The van der Waals surface area contributed by atoms with E-state index in [2.05, 4.69) is 20.1 Å². The predicted molar refractivity (Wildman–Crippen MR) is 186 cm³/mol. The normalized spacial score (nSPS) is 52.4. The second kappa shape index (κ2) is 14.3. The highest BCUT2D eigenvalue weighted by Crippen LogP contribution is 2.54. The molecule has 1 spiro atoms. The number of carbonyl (C=O) groups excluding carboxylic acids is 1. The second-order valence-electron chi connectivity index (χ2n) is 17.4. The van der Waals surface area contributed by atoms with Crippen LogP contribution in [0.5, 0.6) is 0 Å². The summed E-state index contributed by atoms with van der Waals surface area (Å²) in [5.74, 6) is -0.619. The maximum Gasteiger partial charge on any atom is 0.172 e. The largest absolute Gasteiger partial charge is 0.392 e. The summed E-state index contributed by atoms with van der Waals surface area (Å²) in [6.45, 7) is 11.3. The molecule has 12 heteroatoms. The zero-order chi connectivity index (χ0) is 35.9. The second-order valence-corrected chi connectivity index (χ2v) is 17.4. The van der Waals surface area contributed by atoms with Crippen LogP contribution in [0, 0.1) is 11.8 Å². The molecule has 0 saturated carbocycles. The quantitative estimate of drug-likeness (QED) is 0.409. The van der Waals surface area contributed by atoms with Crippen molar-refractivity contribution < 1.29 is 52.5 Å². The van der Waals surface area contributed by atoms with Crippen molar-refractivity contribution in [3.05, 3.63) is 24.3 Å². The number of carbonyl (C=O) groups is 1. The van der Waals surface area contributed by atoms with Gasteiger partial charge >= 0.3 is 0 Å². The first kappa shape index (κ1) is 36.4. The minimum absolute atomic E-state index is 0.0158. The van der Waals surface area contributed by atoms with E-state index in [1.165, 1.54) is 0 Å². The molecule has 19 atom stereocenters. The summed E-state index contributed by atoms with van der Waals surface area (Å²) in [7, 11) is 1.66. The molecule has 0 aromatic heterocycles. The van der Waals surface area contributed by atoms with E-state index in [-0.39, 0.29) is 122 Å². The van der Waals surface area contributed by atoms with Gasteiger partial charge in [-0.15, -0.1) is 0 Å². The van der Waals surface area contributed by atoms with Crippen LogP contribution in [0.1, 0.15) is 90.4 Å². The van der Waals surface area contributed by atoms with Crippen molar-refractivity contribution >= 4 is 5.78 Å². The minimum Gasteiger partial charge on any atom is -0.392 e.